The third-order valence-corrected chi connectivity index (χ3v) is 4.92. The van der Waals surface area contributed by atoms with E-state index in [-0.39, 0.29) is 17.9 Å². The van der Waals surface area contributed by atoms with Crippen LogP contribution in [0.2, 0.25) is 5.02 Å². The van der Waals surface area contributed by atoms with Crippen molar-refractivity contribution in [1.82, 2.24) is 15.5 Å². The van der Waals surface area contributed by atoms with Crippen LogP contribution in [0.1, 0.15) is 34.8 Å². The molecule has 27 heavy (non-hydrogen) atoms. The van der Waals surface area contributed by atoms with E-state index >= 15 is 0 Å². The summed E-state index contributed by atoms with van der Waals surface area (Å²) in [6, 6.07) is 16.7. The van der Waals surface area contributed by atoms with Gasteiger partial charge in [0, 0.05) is 43.2 Å². The minimum absolute atomic E-state index is 0.0103. The molecule has 1 atom stereocenters. The summed E-state index contributed by atoms with van der Waals surface area (Å²) in [5.74, 6) is -0.00235. The maximum Gasteiger partial charge on any atom is 0.251 e. The van der Waals surface area contributed by atoms with Crippen molar-refractivity contribution >= 4 is 23.4 Å². The summed E-state index contributed by atoms with van der Waals surface area (Å²) in [5, 5.41) is 6.89. The van der Waals surface area contributed by atoms with Gasteiger partial charge >= 0.3 is 0 Å². The number of benzene rings is 2. The highest BCUT2D eigenvalue weighted by Crippen LogP contribution is 2.25. The van der Waals surface area contributed by atoms with Gasteiger partial charge in [0.15, 0.2) is 0 Å². The number of rotatable bonds is 6. The van der Waals surface area contributed by atoms with Crippen LogP contribution in [-0.4, -0.2) is 42.9 Å². The fourth-order valence-electron chi connectivity index (χ4n) is 3.29. The Labute approximate surface area is 164 Å². The molecule has 142 valence electrons. The van der Waals surface area contributed by atoms with Crippen molar-refractivity contribution in [2.24, 2.45) is 0 Å². The van der Waals surface area contributed by atoms with Gasteiger partial charge in [0.05, 0.1) is 6.04 Å². The number of amides is 2. The predicted octanol–water partition coefficient (Wildman–Crippen LogP) is 3.02. The predicted molar refractivity (Wildman–Crippen MR) is 107 cm³/mol. The summed E-state index contributed by atoms with van der Waals surface area (Å²) in [6.07, 6.45) is 1.02. The average molecular weight is 386 g/mol. The highest BCUT2D eigenvalue weighted by molar-refractivity contribution is 6.30. The van der Waals surface area contributed by atoms with Crippen molar-refractivity contribution in [3.63, 3.8) is 0 Å². The molecule has 3 rings (SSSR count). The average Bonchev–Trinajstić information content (AvgIpc) is 2.71. The quantitative estimate of drug-likeness (QED) is 0.751. The molecule has 5 nitrogen and oxygen atoms in total. The van der Waals surface area contributed by atoms with Crippen LogP contribution in [0.5, 0.6) is 0 Å². The molecule has 1 unspecified atom stereocenters. The van der Waals surface area contributed by atoms with Gasteiger partial charge in [-0.05, 0) is 36.2 Å². The van der Waals surface area contributed by atoms with Crippen molar-refractivity contribution in [2.45, 2.75) is 18.9 Å². The number of carbonyl (C=O) groups excluding carboxylic acids is 2. The number of hydrogen-bond donors (Lipinski definition) is 2. The maximum absolute atomic E-state index is 12.7. The zero-order valence-corrected chi connectivity index (χ0v) is 15.9. The number of nitrogens with one attached hydrogen (secondary N) is 2. The van der Waals surface area contributed by atoms with E-state index < -0.39 is 0 Å². The SMILES string of the molecule is O=C(NCCCC(=O)N1CCNCC1c1cccc(Cl)c1)c1ccccc1. The standard InChI is InChI=1S/C21H24ClN3O2/c22-18-9-4-8-17(14-18)19-15-23-12-13-25(19)20(26)10-5-11-24-21(27)16-6-2-1-3-7-16/h1-4,6-9,14,19,23H,5,10-13,15H2,(H,24,27). The van der Waals surface area contributed by atoms with E-state index in [4.69, 9.17) is 11.6 Å². The summed E-state index contributed by atoms with van der Waals surface area (Å²) >= 11 is 6.11. The van der Waals surface area contributed by atoms with Crippen molar-refractivity contribution in [2.75, 3.05) is 26.2 Å². The van der Waals surface area contributed by atoms with E-state index in [1.807, 2.05) is 47.4 Å². The van der Waals surface area contributed by atoms with E-state index in [0.29, 0.717) is 36.5 Å². The highest BCUT2D eigenvalue weighted by Gasteiger charge is 2.27. The molecule has 0 aliphatic carbocycles. The third kappa shape index (κ3) is 5.31. The summed E-state index contributed by atoms with van der Waals surface area (Å²) in [7, 11) is 0. The maximum atomic E-state index is 12.7. The summed E-state index contributed by atoms with van der Waals surface area (Å²) in [5.41, 5.74) is 1.67. The Morgan fingerprint density at radius 1 is 1.15 bits per heavy atom. The summed E-state index contributed by atoms with van der Waals surface area (Å²) < 4.78 is 0. The molecule has 2 aromatic rings. The molecule has 1 heterocycles. The molecule has 0 bridgehead atoms. The topological polar surface area (TPSA) is 61.4 Å². The first-order valence-electron chi connectivity index (χ1n) is 9.24. The Balaban J connectivity index is 1.51. The molecule has 1 aliphatic heterocycles. The van der Waals surface area contributed by atoms with Crippen LogP contribution in [0.3, 0.4) is 0 Å². The molecule has 0 aromatic heterocycles. The molecule has 2 aromatic carbocycles. The van der Waals surface area contributed by atoms with E-state index in [9.17, 15) is 9.59 Å². The van der Waals surface area contributed by atoms with Gasteiger partial charge in [-0.2, -0.15) is 0 Å². The normalized spacial score (nSPS) is 16.8. The van der Waals surface area contributed by atoms with E-state index in [2.05, 4.69) is 10.6 Å². The summed E-state index contributed by atoms with van der Waals surface area (Å²) in [4.78, 5) is 26.7. The van der Waals surface area contributed by atoms with Crippen LogP contribution in [0.15, 0.2) is 54.6 Å². The molecule has 1 fully saturated rings. The molecule has 2 amide bonds. The lowest BCUT2D eigenvalue weighted by molar-refractivity contribution is -0.134. The smallest absolute Gasteiger partial charge is 0.251 e. The second-order valence-corrected chi connectivity index (χ2v) is 7.02. The Kier molecular flexibility index (Phi) is 6.85. The van der Waals surface area contributed by atoms with E-state index in [1.54, 1.807) is 12.1 Å². The Morgan fingerprint density at radius 2 is 1.96 bits per heavy atom. The minimum Gasteiger partial charge on any atom is -0.352 e. The molecule has 0 radical (unpaired) electrons. The first-order chi connectivity index (χ1) is 13.1. The van der Waals surface area contributed by atoms with Crippen LogP contribution < -0.4 is 10.6 Å². The molecule has 6 heteroatoms. The fourth-order valence-corrected chi connectivity index (χ4v) is 3.49. The Morgan fingerprint density at radius 3 is 2.74 bits per heavy atom. The Bertz CT molecular complexity index is 782. The van der Waals surface area contributed by atoms with Crippen LogP contribution >= 0.6 is 11.6 Å². The lowest BCUT2D eigenvalue weighted by Crippen LogP contribution is -2.48. The van der Waals surface area contributed by atoms with E-state index in [1.165, 1.54) is 0 Å². The highest BCUT2D eigenvalue weighted by atomic mass is 35.5. The molecule has 1 aliphatic rings. The van der Waals surface area contributed by atoms with Gasteiger partial charge in [-0.3, -0.25) is 9.59 Å². The molecular formula is C21H24ClN3O2. The van der Waals surface area contributed by atoms with Gasteiger partial charge in [-0.15, -0.1) is 0 Å². The zero-order valence-electron chi connectivity index (χ0n) is 15.2. The van der Waals surface area contributed by atoms with Gasteiger partial charge in [0.2, 0.25) is 5.91 Å². The van der Waals surface area contributed by atoms with Crippen LogP contribution in [0, 0.1) is 0 Å². The second kappa shape index (κ2) is 9.53. The first-order valence-corrected chi connectivity index (χ1v) is 9.62. The number of piperazine rings is 1. The number of halogens is 1. The monoisotopic (exact) mass is 385 g/mol. The fraction of sp³-hybridized carbons (Fsp3) is 0.333. The van der Waals surface area contributed by atoms with Crippen LogP contribution in [0.25, 0.3) is 0 Å². The van der Waals surface area contributed by atoms with Crippen LogP contribution in [-0.2, 0) is 4.79 Å². The molecule has 0 spiro atoms. The molecule has 0 saturated carbocycles. The van der Waals surface area contributed by atoms with Gasteiger partial charge in [0.25, 0.3) is 5.91 Å². The molecule has 1 saturated heterocycles. The number of nitrogens with zero attached hydrogens (tertiary/aromatic N) is 1. The van der Waals surface area contributed by atoms with E-state index in [0.717, 1.165) is 18.7 Å². The third-order valence-electron chi connectivity index (χ3n) is 4.69. The first kappa shape index (κ1) is 19.4. The van der Waals surface area contributed by atoms with Gasteiger partial charge in [0.1, 0.15) is 0 Å². The molecular weight excluding hydrogens is 362 g/mol. The van der Waals surface area contributed by atoms with Crippen molar-refractivity contribution in [3.05, 3.63) is 70.7 Å². The molecule has 2 N–H and O–H groups in total. The van der Waals surface area contributed by atoms with Crippen molar-refractivity contribution in [1.29, 1.82) is 0 Å². The van der Waals surface area contributed by atoms with Gasteiger partial charge < -0.3 is 15.5 Å². The second-order valence-electron chi connectivity index (χ2n) is 6.59. The minimum atomic E-state index is -0.109. The Hall–Kier alpha value is -2.37. The summed E-state index contributed by atoms with van der Waals surface area (Å²) in [6.45, 7) is 2.66. The van der Waals surface area contributed by atoms with Crippen LogP contribution in [0.4, 0.5) is 0 Å². The van der Waals surface area contributed by atoms with Gasteiger partial charge in [-0.25, -0.2) is 0 Å². The van der Waals surface area contributed by atoms with Crippen molar-refractivity contribution < 1.29 is 9.59 Å². The lowest BCUT2D eigenvalue weighted by atomic mass is 10.0. The number of carbonyl (C=O) groups is 2. The van der Waals surface area contributed by atoms with Crippen molar-refractivity contribution in [3.8, 4) is 0 Å². The number of hydrogen-bond acceptors (Lipinski definition) is 3. The lowest BCUT2D eigenvalue weighted by Gasteiger charge is -2.36. The zero-order chi connectivity index (χ0) is 19.1. The van der Waals surface area contributed by atoms with Gasteiger partial charge in [-0.1, -0.05) is 41.9 Å². The largest absolute Gasteiger partial charge is 0.352 e.